The van der Waals surface area contributed by atoms with Crippen LogP contribution < -0.4 is 0 Å². The van der Waals surface area contributed by atoms with Gasteiger partial charge in [-0.15, -0.1) is 6.42 Å². The molecule has 0 spiro atoms. The van der Waals surface area contributed by atoms with Gasteiger partial charge in [-0.1, -0.05) is 27.7 Å². The molecule has 0 aromatic carbocycles. The van der Waals surface area contributed by atoms with E-state index in [2.05, 4.69) is 34.6 Å². The molecule has 0 fully saturated rings. The molecule has 0 aliphatic carbocycles. The minimum atomic E-state index is 0. The Labute approximate surface area is 121 Å². The third-order valence-electron chi connectivity index (χ3n) is 1.86. The minimum Gasteiger partial charge on any atom is -0.343 e. The Morgan fingerprint density at radius 3 is 1.71 bits per heavy atom. The summed E-state index contributed by atoms with van der Waals surface area (Å²) in [5, 5.41) is 0. The standard InChI is InChI=1S/C9H17O.C5H9O.W/c1-5-6-8(10)7-9(2,3)4;1-3-5(6)4-2;/h1,5-7H2,2-4H3;1,3-4H2,2H3;/q2*-1;+2. The van der Waals surface area contributed by atoms with Gasteiger partial charge >= 0.3 is 21.1 Å². The predicted octanol–water partition coefficient (Wildman–Crippen LogP) is 3.79. The largest absolute Gasteiger partial charge is 2.00 e. The van der Waals surface area contributed by atoms with Gasteiger partial charge in [0.05, 0.1) is 0 Å². The Kier molecular flexibility index (Phi) is 16.3. The number of ketones is 2. The first-order valence-electron chi connectivity index (χ1n) is 5.88. The zero-order valence-corrected chi connectivity index (χ0v) is 14.6. The second kappa shape index (κ2) is 12.5. The molecule has 0 N–H and O–H groups in total. The Bertz CT molecular complexity index is 199. The number of Topliss-reactive ketones (excluding diaryl/α,β-unsaturated/α-hetero) is 2. The van der Waals surface area contributed by atoms with Crippen LogP contribution in [0, 0.1) is 19.3 Å². The predicted molar refractivity (Wildman–Crippen MR) is 68.9 cm³/mol. The third-order valence-corrected chi connectivity index (χ3v) is 1.86. The van der Waals surface area contributed by atoms with Crippen molar-refractivity contribution in [3.63, 3.8) is 0 Å². The van der Waals surface area contributed by atoms with Crippen molar-refractivity contribution in [3.05, 3.63) is 13.8 Å². The van der Waals surface area contributed by atoms with Crippen LogP contribution in [0.3, 0.4) is 0 Å². The smallest absolute Gasteiger partial charge is 0.343 e. The van der Waals surface area contributed by atoms with E-state index in [9.17, 15) is 9.59 Å². The van der Waals surface area contributed by atoms with Gasteiger partial charge in [-0.05, 0) is 11.8 Å². The molecular formula is C14H26O2W. The van der Waals surface area contributed by atoms with E-state index in [1.165, 1.54) is 0 Å². The van der Waals surface area contributed by atoms with Gasteiger partial charge in [-0.25, -0.2) is 0 Å². The number of carbonyl (C=O) groups is 2. The fraction of sp³-hybridized carbons (Fsp3) is 0.714. The van der Waals surface area contributed by atoms with Gasteiger partial charge < -0.3 is 18.6 Å². The molecule has 0 aromatic heterocycles. The van der Waals surface area contributed by atoms with E-state index in [1.807, 2.05) is 6.92 Å². The fourth-order valence-electron chi connectivity index (χ4n) is 1.05. The van der Waals surface area contributed by atoms with Crippen molar-refractivity contribution in [1.82, 2.24) is 0 Å². The van der Waals surface area contributed by atoms with Crippen molar-refractivity contribution in [2.45, 2.75) is 59.8 Å². The maximum Gasteiger partial charge on any atom is 2.00 e. The summed E-state index contributed by atoms with van der Waals surface area (Å²) in [7, 11) is 0. The summed E-state index contributed by atoms with van der Waals surface area (Å²) in [5.41, 5.74) is 0.145. The quantitative estimate of drug-likeness (QED) is 0.647. The van der Waals surface area contributed by atoms with Gasteiger partial charge in [0.15, 0.2) is 0 Å². The summed E-state index contributed by atoms with van der Waals surface area (Å²) < 4.78 is 0. The topological polar surface area (TPSA) is 34.1 Å². The van der Waals surface area contributed by atoms with Gasteiger partial charge in [0, 0.05) is 12.8 Å². The first-order chi connectivity index (χ1) is 7.26. The normalized spacial score (nSPS) is 9.76. The summed E-state index contributed by atoms with van der Waals surface area (Å²) in [6, 6.07) is 0. The van der Waals surface area contributed by atoms with E-state index < -0.39 is 0 Å². The minimum absolute atomic E-state index is 0. The average Bonchev–Trinajstić information content (AvgIpc) is 2.15. The van der Waals surface area contributed by atoms with Crippen molar-refractivity contribution >= 4 is 11.6 Å². The molecule has 0 unspecified atom stereocenters. The molecular weight excluding hydrogens is 384 g/mol. The van der Waals surface area contributed by atoms with E-state index in [-0.39, 0.29) is 32.3 Å². The van der Waals surface area contributed by atoms with Gasteiger partial charge in [0.1, 0.15) is 11.6 Å². The van der Waals surface area contributed by atoms with E-state index in [0.717, 1.165) is 6.42 Å². The molecule has 0 aromatic rings. The molecule has 0 bridgehead atoms. The van der Waals surface area contributed by atoms with Crippen LogP contribution in [-0.2, 0) is 30.7 Å². The molecule has 0 radical (unpaired) electrons. The molecule has 0 amide bonds. The summed E-state index contributed by atoms with van der Waals surface area (Å²) in [5.74, 6) is 0.567. The van der Waals surface area contributed by atoms with Crippen molar-refractivity contribution < 1.29 is 30.7 Å². The Morgan fingerprint density at radius 2 is 1.53 bits per heavy atom. The number of carbonyl (C=O) groups excluding carboxylic acids is 2. The molecule has 3 heteroatoms. The van der Waals surface area contributed by atoms with Crippen molar-refractivity contribution in [2.24, 2.45) is 5.41 Å². The SMILES string of the molecule is [CH2-]CC(=O)CC.[CH2-]CCC(=O)CC(C)(C)C.[W+2]. The van der Waals surface area contributed by atoms with E-state index in [1.54, 1.807) is 0 Å². The Balaban J connectivity index is -0.000000244. The second-order valence-electron chi connectivity index (χ2n) is 5.02. The van der Waals surface area contributed by atoms with Crippen molar-refractivity contribution in [3.8, 4) is 0 Å². The zero-order chi connectivity index (χ0) is 13.2. The monoisotopic (exact) mass is 410 g/mol. The van der Waals surface area contributed by atoms with Crippen LogP contribution in [0.4, 0.5) is 0 Å². The Morgan fingerprint density at radius 1 is 1.06 bits per heavy atom. The summed E-state index contributed by atoms with van der Waals surface area (Å²) in [4.78, 5) is 21.1. The van der Waals surface area contributed by atoms with E-state index in [0.29, 0.717) is 31.5 Å². The van der Waals surface area contributed by atoms with E-state index in [4.69, 9.17) is 0 Å². The molecule has 2 nitrogen and oxygen atoms in total. The fourth-order valence-corrected chi connectivity index (χ4v) is 1.05. The molecule has 0 heterocycles. The van der Waals surface area contributed by atoms with E-state index >= 15 is 0 Å². The third kappa shape index (κ3) is 21.8. The first kappa shape index (κ1) is 22.2. The van der Waals surface area contributed by atoms with Crippen LogP contribution in [0.1, 0.15) is 59.8 Å². The maximum atomic E-state index is 11.0. The van der Waals surface area contributed by atoms with Crippen molar-refractivity contribution in [2.75, 3.05) is 0 Å². The molecule has 0 rings (SSSR count). The first-order valence-corrected chi connectivity index (χ1v) is 5.88. The number of hydrogen-bond donors (Lipinski definition) is 0. The summed E-state index contributed by atoms with van der Waals surface area (Å²) in [6.07, 6.45) is 3.12. The van der Waals surface area contributed by atoms with Crippen LogP contribution in [0.2, 0.25) is 0 Å². The van der Waals surface area contributed by atoms with Crippen molar-refractivity contribution in [1.29, 1.82) is 0 Å². The van der Waals surface area contributed by atoms with Gasteiger partial charge in [0.25, 0.3) is 0 Å². The molecule has 100 valence electrons. The van der Waals surface area contributed by atoms with Crippen LogP contribution in [-0.4, -0.2) is 11.6 Å². The van der Waals surface area contributed by atoms with Gasteiger partial charge in [-0.2, -0.15) is 6.42 Å². The molecule has 0 atom stereocenters. The molecule has 0 saturated heterocycles. The van der Waals surface area contributed by atoms with Crippen LogP contribution in [0.15, 0.2) is 0 Å². The van der Waals surface area contributed by atoms with Crippen LogP contribution >= 0.6 is 0 Å². The molecule has 17 heavy (non-hydrogen) atoms. The Hall–Kier alpha value is 0.0283. The zero-order valence-electron chi connectivity index (χ0n) is 11.7. The molecule has 0 aliphatic heterocycles. The van der Waals surface area contributed by atoms with Gasteiger partial charge in [0.2, 0.25) is 0 Å². The second-order valence-corrected chi connectivity index (χ2v) is 5.02. The molecule has 0 aliphatic rings. The van der Waals surface area contributed by atoms with Gasteiger partial charge in [-0.3, -0.25) is 4.79 Å². The number of hydrogen-bond acceptors (Lipinski definition) is 2. The molecule has 0 saturated carbocycles. The van der Waals surface area contributed by atoms with Crippen LogP contribution in [0.25, 0.3) is 0 Å². The maximum absolute atomic E-state index is 11.0. The average molecular weight is 410 g/mol. The summed E-state index contributed by atoms with van der Waals surface area (Å²) >= 11 is 0. The van der Waals surface area contributed by atoms with Crippen LogP contribution in [0.5, 0.6) is 0 Å². The summed E-state index contributed by atoms with van der Waals surface area (Å²) in [6.45, 7) is 15.1. The number of rotatable bonds is 5.